The maximum absolute atomic E-state index is 12.1. The Kier molecular flexibility index (Phi) is 11.2. The van der Waals surface area contributed by atoms with Crippen LogP contribution in [0.1, 0.15) is 32.6 Å². The second kappa shape index (κ2) is 11.3. The average Bonchev–Trinajstić information content (AvgIpc) is 2.38. The first-order chi connectivity index (χ1) is 9.51. The molecule has 1 saturated heterocycles. The molecule has 0 saturated carbocycles. The van der Waals surface area contributed by atoms with E-state index in [1.165, 1.54) is 19.3 Å². The van der Waals surface area contributed by atoms with Gasteiger partial charge in [-0.15, -0.1) is 24.0 Å². The van der Waals surface area contributed by atoms with Crippen molar-refractivity contribution in [1.82, 2.24) is 15.5 Å². The molecule has 0 atom stereocenters. The van der Waals surface area contributed by atoms with Gasteiger partial charge in [-0.05, 0) is 32.9 Å². The Morgan fingerprint density at radius 3 is 2.38 bits per heavy atom. The number of aliphatic imine (C=N–C) groups is 1. The number of alkyl halides is 3. The summed E-state index contributed by atoms with van der Waals surface area (Å²) in [6, 6.07) is 0. The van der Waals surface area contributed by atoms with Crippen LogP contribution in [0.3, 0.4) is 0 Å². The molecular weight excluding hydrogens is 396 g/mol. The monoisotopic (exact) mass is 422 g/mol. The van der Waals surface area contributed by atoms with Crippen molar-refractivity contribution in [2.45, 2.75) is 38.8 Å². The van der Waals surface area contributed by atoms with E-state index in [1.807, 2.05) is 6.92 Å². The van der Waals surface area contributed by atoms with Crippen LogP contribution < -0.4 is 10.6 Å². The molecule has 4 nitrogen and oxygen atoms in total. The van der Waals surface area contributed by atoms with Crippen molar-refractivity contribution in [2.24, 2.45) is 4.99 Å². The van der Waals surface area contributed by atoms with E-state index in [0.717, 1.165) is 19.6 Å². The van der Waals surface area contributed by atoms with Crippen LogP contribution >= 0.6 is 24.0 Å². The van der Waals surface area contributed by atoms with Crippen LogP contribution in [0.15, 0.2) is 4.99 Å². The van der Waals surface area contributed by atoms with Gasteiger partial charge in [0.15, 0.2) is 5.96 Å². The van der Waals surface area contributed by atoms with Gasteiger partial charge >= 0.3 is 6.18 Å². The van der Waals surface area contributed by atoms with Crippen molar-refractivity contribution in [3.63, 3.8) is 0 Å². The van der Waals surface area contributed by atoms with E-state index in [4.69, 9.17) is 0 Å². The van der Waals surface area contributed by atoms with E-state index < -0.39 is 12.6 Å². The summed E-state index contributed by atoms with van der Waals surface area (Å²) in [5, 5.41) is 6.04. The molecule has 0 aromatic rings. The fraction of sp³-hybridized carbons (Fsp3) is 0.923. The van der Waals surface area contributed by atoms with E-state index in [1.54, 1.807) is 0 Å². The molecule has 0 aromatic heterocycles. The van der Waals surface area contributed by atoms with Gasteiger partial charge in [0.1, 0.15) is 0 Å². The summed E-state index contributed by atoms with van der Waals surface area (Å²) >= 11 is 0. The number of piperidine rings is 1. The molecule has 0 aliphatic carbocycles. The smallest absolute Gasteiger partial charge is 0.357 e. The Balaban J connectivity index is 0.00000400. The van der Waals surface area contributed by atoms with Crippen molar-refractivity contribution >= 4 is 29.9 Å². The summed E-state index contributed by atoms with van der Waals surface area (Å²) in [6.07, 6.45) is -1.25. The number of nitrogens with zero attached hydrogens (tertiary/aromatic N) is 2. The van der Waals surface area contributed by atoms with Crippen molar-refractivity contribution in [1.29, 1.82) is 0 Å². The van der Waals surface area contributed by atoms with Gasteiger partial charge in [-0.25, -0.2) is 0 Å². The van der Waals surface area contributed by atoms with E-state index in [9.17, 15) is 13.2 Å². The van der Waals surface area contributed by atoms with Gasteiger partial charge in [0.25, 0.3) is 0 Å². The summed E-state index contributed by atoms with van der Waals surface area (Å²) in [4.78, 5) is 6.31. The maximum Gasteiger partial charge on any atom is 0.390 e. The minimum Gasteiger partial charge on any atom is -0.357 e. The molecule has 1 heterocycles. The zero-order valence-corrected chi connectivity index (χ0v) is 14.8. The van der Waals surface area contributed by atoms with Crippen LogP contribution in [0.2, 0.25) is 0 Å². The van der Waals surface area contributed by atoms with Crippen LogP contribution in [0.25, 0.3) is 0 Å². The molecule has 21 heavy (non-hydrogen) atoms. The molecule has 0 bridgehead atoms. The molecule has 8 heteroatoms. The molecule has 1 aliphatic heterocycles. The number of hydrogen-bond acceptors (Lipinski definition) is 2. The molecule has 1 aliphatic rings. The van der Waals surface area contributed by atoms with Crippen molar-refractivity contribution in [3.05, 3.63) is 0 Å². The molecule has 2 N–H and O–H groups in total. The molecule has 0 radical (unpaired) electrons. The molecule has 1 rings (SSSR count). The third-order valence-electron chi connectivity index (χ3n) is 3.18. The largest absolute Gasteiger partial charge is 0.390 e. The molecule has 0 spiro atoms. The number of nitrogens with one attached hydrogen (secondary N) is 2. The highest BCUT2D eigenvalue weighted by molar-refractivity contribution is 14.0. The standard InChI is InChI=1S/C13H25F3N4.HI/c1-2-17-12(18-7-6-13(14,15)16)19-8-11-20-9-4-3-5-10-20;/h2-11H2,1H3,(H2,17,18,19);1H. The van der Waals surface area contributed by atoms with Crippen LogP contribution in [-0.4, -0.2) is 56.3 Å². The Morgan fingerprint density at radius 1 is 1.14 bits per heavy atom. The van der Waals surface area contributed by atoms with Crippen LogP contribution in [0.5, 0.6) is 0 Å². The second-order valence-electron chi connectivity index (χ2n) is 4.95. The Hall–Kier alpha value is -0.250. The van der Waals surface area contributed by atoms with E-state index in [-0.39, 0.29) is 30.5 Å². The first-order valence-electron chi connectivity index (χ1n) is 7.32. The van der Waals surface area contributed by atoms with Crippen molar-refractivity contribution in [3.8, 4) is 0 Å². The third-order valence-corrected chi connectivity index (χ3v) is 3.18. The van der Waals surface area contributed by atoms with Crippen LogP contribution in [0.4, 0.5) is 13.2 Å². The summed E-state index contributed by atoms with van der Waals surface area (Å²) in [5.74, 6) is 0.466. The zero-order valence-electron chi connectivity index (χ0n) is 12.5. The van der Waals surface area contributed by atoms with Gasteiger partial charge in [-0.3, -0.25) is 4.99 Å². The molecule has 0 aromatic carbocycles. The summed E-state index contributed by atoms with van der Waals surface area (Å²) in [7, 11) is 0. The number of likely N-dealkylation sites (tertiary alicyclic amines) is 1. The number of halogens is 4. The van der Waals surface area contributed by atoms with Gasteiger partial charge in [-0.2, -0.15) is 13.2 Å². The van der Waals surface area contributed by atoms with Crippen molar-refractivity contribution < 1.29 is 13.2 Å². The Labute approximate surface area is 142 Å². The highest BCUT2D eigenvalue weighted by Crippen LogP contribution is 2.18. The number of guanidine groups is 1. The van der Waals surface area contributed by atoms with E-state index >= 15 is 0 Å². The lowest BCUT2D eigenvalue weighted by molar-refractivity contribution is -0.132. The van der Waals surface area contributed by atoms with Gasteiger partial charge in [-0.1, -0.05) is 6.42 Å². The second-order valence-corrected chi connectivity index (χ2v) is 4.95. The Bertz CT molecular complexity index is 292. The van der Waals surface area contributed by atoms with Crippen LogP contribution in [-0.2, 0) is 0 Å². The van der Waals surface area contributed by atoms with E-state index in [0.29, 0.717) is 19.0 Å². The highest BCUT2D eigenvalue weighted by Gasteiger charge is 2.26. The predicted octanol–water partition coefficient (Wildman–Crippen LogP) is 2.60. The summed E-state index contributed by atoms with van der Waals surface area (Å²) < 4.78 is 36.2. The molecule has 0 unspecified atom stereocenters. The molecular formula is C13H26F3IN4. The third kappa shape index (κ3) is 11.0. The fourth-order valence-electron chi connectivity index (χ4n) is 2.15. The topological polar surface area (TPSA) is 39.7 Å². The maximum atomic E-state index is 12.1. The summed E-state index contributed by atoms with van der Waals surface area (Å²) in [5.41, 5.74) is 0. The summed E-state index contributed by atoms with van der Waals surface area (Å²) in [6.45, 7) is 6.14. The Morgan fingerprint density at radius 2 is 1.81 bits per heavy atom. The number of rotatable bonds is 6. The first kappa shape index (κ1) is 20.8. The normalized spacial score (nSPS) is 17.2. The van der Waals surface area contributed by atoms with Crippen molar-refractivity contribution in [2.75, 3.05) is 39.3 Å². The minimum atomic E-state index is -4.14. The van der Waals surface area contributed by atoms with Gasteiger partial charge in [0, 0.05) is 19.6 Å². The fourth-order valence-corrected chi connectivity index (χ4v) is 2.15. The van der Waals surface area contributed by atoms with Gasteiger partial charge in [0.2, 0.25) is 0 Å². The molecule has 0 amide bonds. The molecule has 1 fully saturated rings. The zero-order chi connectivity index (χ0) is 14.8. The minimum absolute atomic E-state index is 0. The quantitative estimate of drug-likeness (QED) is 0.393. The lowest BCUT2D eigenvalue weighted by Crippen LogP contribution is -2.42. The lowest BCUT2D eigenvalue weighted by Gasteiger charge is -2.26. The van der Waals surface area contributed by atoms with Gasteiger partial charge in [0.05, 0.1) is 13.0 Å². The lowest BCUT2D eigenvalue weighted by atomic mass is 10.1. The SMILES string of the molecule is CCNC(=NCCC(F)(F)F)NCCN1CCCCC1.I. The average molecular weight is 422 g/mol. The first-order valence-corrected chi connectivity index (χ1v) is 7.32. The van der Waals surface area contributed by atoms with E-state index in [2.05, 4.69) is 20.5 Å². The van der Waals surface area contributed by atoms with Crippen LogP contribution in [0, 0.1) is 0 Å². The van der Waals surface area contributed by atoms with Gasteiger partial charge < -0.3 is 15.5 Å². The molecule has 126 valence electrons. The predicted molar refractivity (Wildman–Crippen MR) is 90.4 cm³/mol. The highest BCUT2D eigenvalue weighted by atomic mass is 127. The number of hydrogen-bond donors (Lipinski definition) is 2.